The Kier molecular flexibility index (Phi) is 10.2. The molecule has 31 heavy (non-hydrogen) atoms. The van der Waals surface area contributed by atoms with Gasteiger partial charge in [0.25, 0.3) is 0 Å². The van der Waals surface area contributed by atoms with E-state index in [1.807, 2.05) is 47.3 Å². The van der Waals surface area contributed by atoms with E-state index in [-0.39, 0.29) is 48.8 Å². The largest absolute Gasteiger partial charge is 1.00 e. The Morgan fingerprint density at radius 2 is 1.87 bits per heavy atom. The fourth-order valence-corrected chi connectivity index (χ4v) is 5.40. The van der Waals surface area contributed by atoms with E-state index in [4.69, 9.17) is 11.2 Å². The van der Waals surface area contributed by atoms with E-state index in [9.17, 15) is 9.59 Å². The predicted molar refractivity (Wildman–Crippen MR) is 123 cm³/mol. The molecule has 0 radical (unpaired) electrons. The number of nitrogens with zero attached hydrogens (tertiary/aromatic N) is 1. The van der Waals surface area contributed by atoms with E-state index >= 15 is 0 Å². The number of hydrogen-bond donors (Lipinski definition) is 0. The normalized spacial score (nSPS) is 10.1. The van der Waals surface area contributed by atoms with Crippen LogP contribution in [0.4, 0.5) is 0 Å². The Bertz CT molecular complexity index is 1090. The molecule has 0 unspecified atom stereocenters. The molecule has 0 aliphatic heterocycles. The molecule has 2 heterocycles. The second-order valence-corrected chi connectivity index (χ2v) is 9.32. The van der Waals surface area contributed by atoms with Gasteiger partial charge in [0.05, 0.1) is 29.2 Å². The average molecular weight is 628 g/mol. The van der Waals surface area contributed by atoms with Crippen molar-refractivity contribution in [2.45, 2.75) is 17.6 Å². The quantitative estimate of drug-likeness (QED) is 0.0956. The molecule has 0 N–H and O–H groups in total. The van der Waals surface area contributed by atoms with Gasteiger partial charge in [0.1, 0.15) is 4.21 Å². The molecule has 0 bridgehead atoms. The van der Waals surface area contributed by atoms with Crippen molar-refractivity contribution in [1.82, 2.24) is 0 Å². The summed E-state index contributed by atoms with van der Waals surface area (Å²) in [5.74, 6) is 2.60. The molecule has 1 aromatic carbocycles. The number of rotatable bonds is 8. The van der Waals surface area contributed by atoms with Crippen LogP contribution in [0.15, 0.2) is 63.5 Å². The van der Waals surface area contributed by atoms with Crippen LogP contribution in [0.5, 0.6) is 0 Å². The summed E-state index contributed by atoms with van der Waals surface area (Å²) < 4.78 is 8.89. The van der Waals surface area contributed by atoms with Gasteiger partial charge in [-0.2, -0.15) is 4.57 Å². The summed E-state index contributed by atoms with van der Waals surface area (Å²) >= 11 is 6.24. The summed E-state index contributed by atoms with van der Waals surface area (Å²) in [4.78, 5) is 26.3. The number of thioether (sulfide) groups is 1. The fraction of sp³-hybridized carbons (Fsp3) is 0.174. The number of ketones is 1. The zero-order valence-corrected chi connectivity index (χ0v) is 22.0. The minimum atomic E-state index is -0.369. The van der Waals surface area contributed by atoms with Crippen molar-refractivity contribution in [2.24, 2.45) is 0 Å². The molecular weight excluding hydrogens is 609 g/mol. The van der Waals surface area contributed by atoms with Crippen LogP contribution in [0.1, 0.15) is 27.7 Å². The third-order valence-electron chi connectivity index (χ3n) is 4.15. The Labute approximate surface area is 215 Å². The highest BCUT2D eigenvalue weighted by Crippen LogP contribution is 2.38. The molecular formula is C23H19BrINO3S2. The Morgan fingerprint density at radius 1 is 1.19 bits per heavy atom. The first kappa shape index (κ1) is 25.6. The van der Waals surface area contributed by atoms with Crippen molar-refractivity contribution >= 4 is 50.8 Å². The first-order valence-corrected chi connectivity index (χ1v) is 11.8. The van der Waals surface area contributed by atoms with Gasteiger partial charge in [-0.15, -0.1) is 17.8 Å². The molecule has 2 aromatic heterocycles. The number of hydrogen-bond acceptors (Lipinski definition) is 5. The Hall–Kier alpha value is -1.67. The van der Waals surface area contributed by atoms with E-state index in [0.29, 0.717) is 21.8 Å². The van der Waals surface area contributed by atoms with Crippen LogP contribution in [0, 0.1) is 12.3 Å². The number of carbonyl (C=O) groups is 2. The van der Waals surface area contributed by atoms with Gasteiger partial charge in [0.15, 0.2) is 12.4 Å². The van der Waals surface area contributed by atoms with Crippen LogP contribution >= 0.6 is 39.0 Å². The number of terminal acetylenes is 1. The summed E-state index contributed by atoms with van der Waals surface area (Å²) in [5, 5.41) is 0. The molecule has 0 aliphatic rings. The first-order chi connectivity index (χ1) is 14.5. The van der Waals surface area contributed by atoms with E-state index in [1.165, 1.54) is 23.1 Å². The smallest absolute Gasteiger partial charge is 0.310 e. The molecule has 0 spiro atoms. The summed E-state index contributed by atoms with van der Waals surface area (Å²) in [6.45, 7) is 2.05. The molecule has 3 aromatic rings. The topological polar surface area (TPSA) is 47.3 Å². The molecule has 0 saturated carbocycles. The van der Waals surface area contributed by atoms with Crippen LogP contribution in [0.2, 0.25) is 0 Å². The first-order valence-electron chi connectivity index (χ1n) is 9.19. The van der Waals surface area contributed by atoms with Crippen LogP contribution in [0.25, 0.3) is 5.69 Å². The predicted octanol–water partition coefficient (Wildman–Crippen LogP) is 1.85. The highest BCUT2D eigenvalue weighted by molar-refractivity contribution is 9.10. The highest BCUT2D eigenvalue weighted by Gasteiger charge is 2.31. The maximum Gasteiger partial charge on any atom is 0.310 e. The van der Waals surface area contributed by atoms with Gasteiger partial charge in [-0.05, 0) is 31.2 Å². The second kappa shape index (κ2) is 12.4. The van der Waals surface area contributed by atoms with E-state index in [1.54, 1.807) is 19.1 Å². The van der Waals surface area contributed by atoms with Crippen molar-refractivity contribution in [3.05, 3.63) is 75.3 Å². The standard InChI is InChI=1S/C23H19BrNO3S2.HI/c1-3-14-29-23-20(25-12-6-5-7-13-25)18(15-19(26)28-4-2)22(30-23)21(27)16-8-10-17(24)11-9-16;/h1,5-13H,4,14-15H2,2H3;1H/q+1;/p-1. The van der Waals surface area contributed by atoms with Crippen LogP contribution < -0.4 is 28.5 Å². The zero-order valence-electron chi connectivity index (χ0n) is 16.6. The number of esters is 1. The summed E-state index contributed by atoms with van der Waals surface area (Å²) in [6.07, 6.45) is 9.27. The second-order valence-electron chi connectivity index (χ2n) is 6.14. The van der Waals surface area contributed by atoms with Gasteiger partial charge in [-0.1, -0.05) is 39.7 Å². The molecule has 0 saturated heterocycles. The summed E-state index contributed by atoms with van der Waals surface area (Å²) in [7, 11) is 0. The van der Waals surface area contributed by atoms with Crippen molar-refractivity contribution in [3.63, 3.8) is 0 Å². The van der Waals surface area contributed by atoms with E-state index < -0.39 is 0 Å². The van der Waals surface area contributed by atoms with Crippen molar-refractivity contribution < 1.29 is 42.9 Å². The SMILES string of the molecule is C#CCSc1sc(C(=O)c2ccc(Br)cc2)c(CC(=O)OCC)c1-[n+]1ccccc1.[I-]. The number of pyridine rings is 1. The fourth-order valence-electron chi connectivity index (χ4n) is 2.88. The van der Waals surface area contributed by atoms with Crippen molar-refractivity contribution in [3.8, 4) is 18.0 Å². The molecule has 0 fully saturated rings. The maximum atomic E-state index is 13.4. The molecule has 160 valence electrons. The highest BCUT2D eigenvalue weighted by atomic mass is 127. The lowest BCUT2D eigenvalue weighted by molar-refractivity contribution is -0.598. The molecule has 0 amide bonds. The Balaban J connectivity index is 0.00000341. The van der Waals surface area contributed by atoms with Crippen LogP contribution in [-0.2, 0) is 16.0 Å². The Morgan fingerprint density at radius 3 is 2.48 bits per heavy atom. The molecule has 0 atom stereocenters. The van der Waals surface area contributed by atoms with E-state index in [2.05, 4.69) is 21.9 Å². The van der Waals surface area contributed by atoms with Crippen molar-refractivity contribution in [2.75, 3.05) is 12.4 Å². The number of halogens is 2. The lowest BCUT2D eigenvalue weighted by atomic mass is 10.0. The monoisotopic (exact) mass is 627 g/mol. The molecule has 3 rings (SSSR count). The zero-order chi connectivity index (χ0) is 21.5. The molecule has 8 heteroatoms. The molecule has 4 nitrogen and oxygen atoms in total. The summed E-state index contributed by atoms with van der Waals surface area (Å²) in [6, 6.07) is 12.9. The van der Waals surface area contributed by atoms with Crippen molar-refractivity contribution in [1.29, 1.82) is 0 Å². The minimum absolute atomic E-state index is 0. The average Bonchev–Trinajstić information content (AvgIpc) is 3.11. The number of ether oxygens (including phenoxy) is 1. The number of thiophene rings is 1. The van der Waals surface area contributed by atoms with Gasteiger partial charge in [0.2, 0.25) is 11.5 Å². The summed E-state index contributed by atoms with van der Waals surface area (Å²) in [5.41, 5.74) is 2.01. The maximum absolute atomic E-state index is 13.4. The van der Waals surface area contributed by atoms with Crippen LogP contribution in [-0.4, -0.2) is 24.1 Å². The number of carbonyl (C=O) groups excluding carboxylic acids is 2. The van der Waals surface area contributed by atoms with Gasteiger partial charge in [-0.3, -0.25) is 9.59 Å². The van der Waals surface area contributed by atoms with Gasteiger partial charge >= 0.3 is 5.97 Å². The van der Waals surface area contributed by atoms with Gasteiger partial charge < -0.3 is 28.7 Å². The lowest BCUT2D eigenvalue weighted by Gasteiger charge is -2.05. The molecule has 0 aliphatic carbocycles. The van der Waals surface area contributed by atoms with Gasteiger partial charge in [0, 0.05) is 22.2 Å². The third-order valence-corrected chi connectivity index (χ3v) is 7.06. The number of aromatic nitrogens is 1. The lowest BCUT2D eigenvalue weighted by Crippen LogP contribution is -3.00. The number of benzene rings is 1. The van der Waals surface area contributed by atoms with Crippen LogP contribution in [0.3, 0.4) is 0 Å². The minimum Gasteiger partial charge on any atom is -1.00 e. The van der Waals surface area contributed by atoms with E-state index in [0.717, 1.165) is 14.4 Å². The van der Waals surface area contributed by atoms with Gasteiger partial charge in [-0.25, -0.2) is 0 Å². The third kappa shape index (κ3) is 6.42.